The minimum atomic E-state index is -0.861. The molecule has 1 aromatic carbocycles. The van der Waals surface area contributed by atoms with Gasteiger partial charge in [-0.2, -0.15) is 0 Å². The fraction of sp³-hybridized carbons (Fsp3) is 0.467. The van der Waals surface area contributed by atoms with Gasteiger partial charge in [-0.25, -0.2) is 0 Å². The Kier molecular flexibility index (Phi) is 4.55. The highest BCUT2D eigenvalue weighted by Gasteiger charge is 2.33. The van der Waals surface area contributed by atoms with Crippen LogP contribution in [0.5, 0.6) is 0 Å². The number of carboxylic acid groups (broad SMARTS) is 1. The Bertz CT molecular complexity index is 444. The molecule has 1 atom stereocenters. The molecule has 0 aliphatic carbocycles. The number of unbranched alkanes of at least 4 members (excludes halogenated alkanes) is 1. The number of rotatable bonds is 6. The van der Waals surface area contributed by atoms with Gasteiger partial charge in [-0.15, -0.1) is 0 Å². The zero-order chi connectivity index (χ0) is 13.7. The summed E-state index contributed by atoms with van der Waals surface area (Å²) in [7, 11) is 0. The Hall–Kier alpha value is -1.84. The van der Waals surface area contributed by atoms with E-state index in [1.165, 1.54) is 5.56 Å². The average molecular weight is 261 g/mol. The summed E-state index contributed by atoms with van der Waals surface area (Å²) in [5.74, 6) is -1.39. The number of benzene rings is 1. The standard InChI is InChI=1S/C15H19NO3/c17-14-10-13(15(18)19)11-16(14)9-5-4-8-12-6-2-1-3-7-12/h1-3,6-7,13H,4-5,8-11H2,(H,18,19). The first-order chi connectivity index (χ1) is 9.16. The second-order valence-electron chi connectivity index (χ2n) is 5.02. The van der Waals surface area contributed by atoms with Crippen LogP contribution < -0.4 is 0 Å². The maximum Gasteiger partial charge on any atom is 0.308 e. The van der Waals surface area contributed by atoms with Gasteiger partial charge >= 0.3 is 5.97 Å². The number of amides is 1. The molecule has 1 fully saturated rings. The molecule has 4 heteroatoms. The summed E-state index contributed by atoms with van der Waals surface area (Å²) in [6, 6.07) is 10.2. The highest BCUT2D eigenvalue weighted by molar-refractivity contribution is 5.86. The first kappa shape index (κ1) is 13.6. The Balaban J connectivity index is 1.69. The quantitative estimate of drug-likeness (QED) is 0.796. The van der Waals surface area contributed by atoms with Crippen LogP contribution in [0.15, 0.2) is 30.3 Å². The molecule has 1 heterocycles. The van der Waals surface area contributed by atoms with E-state index in [1.807, 2.05) is 18.2 Å². The minimum Gasteiger partial charge on any atom is -0.481 e. The number of aryl methyl sites for hydroxylation is 1. The van der Waals surface area contributed by atoms with Crippen molar-refractivity contribution in [2.45, 2.75) is 25.7 Å². The van der Waals surface area contributed by atoms with Gasteiger partial charge in [-0.05, 0) is 24.8 Å². The van der Waals surface area contributed by atoms with Gasteiger partial charge in [0.2, 0.25) is 5.91 Å². The smallest absolute Gasteiger partial charge is 0.308 e. The van der Waals surface area contributed by atoms with Crippen molar-refractivity contribution in [3.8, 4) is 0 Å². The Labute approximate surface area is 113 Å². The van der Waals surface area contributed by atoms with Gasteiger partial charge in [0.25, 0.3) is 0 Å². The lowest BCUT2D eigenvalue weighted by Gasteiger charge is -2.15. The lowest BCUT2D eigenvalue weighted by atomic mass is 10.1. The molecule has 1 aromatic rings. The maximum absolute atomic E-state index is 11.6. The van der Waals surface area contributed by atoms with Crippen LogP contribution in [0, 0.1) is 5.92 Å². The summed E-state index contributed by atoms with van der Waals surface area (Å²) in [4.78, 5) is 24.1. The second kappa shape index (κ2) is 6.36. The molecule has 0 aromatic heterocycles. The summed E-state index contributed by atoms with van der Waals surface area (Å²) in [6.45, 7) is 1.05. The molecule has 1 N–H and O–H groups in total. The average Bonchev–Trinajstić information content (AvgIpc) is 2.78. The van der Waals surface area contributed by atoms with Crippen LogP contribution in [0.1, 0.15) is 24.8 Å². The number of hydrogen-bond donors (Lipinski definition) is 1. The molecular weight excluding hydrogens is 242 g/mol. The molecule has 0 bridgehead atoms. The molecule has 1 saturated heterocycles. The third-order valence-corrected chi connectivity index (χ3v) is 3.55. The van der Waals surface area contributed by atoms with Crippen LogP contribution in [0.3, 0.4) is 0 Å². The molecule has 0 saturated carbocycles. The molecule has 102 valence electrons. The molecule has 1 unspecified atom stereocenters. The predicted octanol–water partition coefficient (Wildman–Crippen LogP) is 1.94. The fourth-order valence-corrected chi connectivity index (χ4v) is 2.43. The van der Waals surface area contributed by atoms with Crippen LogP contribution in [0.4, 0.5) is 0 Å². The highest BCUT2D eigenvalue weighted by Crippen LogP contribution is 2.18. The van der Waals surface area contributed by atoms with Gasteiger partial charge in [0, 0.05) is 19.5 Å². The summed E-state index contributed by atoms with van der Waals surface area (Å²) in [5, 5.41) is 8.89. The minimum absolute atomic E-state index is 0.0212. The van der Waals surface area contributed by atoms with Crippen LogP contribution in [-0.2, 0) is 16.0 Å². The van der Waals surface area contributed by atoms with Crippen molar-refractivity contribution in [3.05, 3.63) is 35.9 Å². The van der Waals surface area contributed by atoms with Crippen LogP contribution >= 0.6 is 0 Å². The number of hydrogen-bond acceptors (Lipinski definition) is 2. The van der Waals surface area contributed by atoms with Gasteiger partial charge in [0.1, 0.15) is 0 Å². The molecule has 1 aliphatic rings. The summed E-state index contributed by atoms with van der Waals surface area (Å²) >= 11 is 0. The van der Waals surface area contributed by atoms with Gasteiger partial charge in [-0.3, -0.25) is 9.59 Å². The fourth-order valence-electron chi connectivity index (χ4n) is 2.43. The summed E-state index contributed by atoms with van der Waals surface area (Å²) in [5.41, 5.74) is 1.30. The maximum atomic E-state index is 11.6. The normalized spacial score (nSPS) is 18.8. The molecule has 19 heavy (non-hydrogen) atoms. The van der Waals surface area contributed by atoms with E-state index in [9.17, 15) is 9.59 Å². The first-order valence-corrected chi connectivity index (χ1v) is 6.71. The van der Waals surface area contributed by atoms with Crippen molar-refractivity contribution in [3.63, 3.8) is 0 Å². The third-order valence-electron chi connectivity index (χ3n) is 3.55. The van der Waals surface area contributed by atoms with E-state index in [4.69, 9.17) is 5.11 Å². The number of carboxylic acids is 1. The van der Waals surface area contributed by atoms with E-state index in [-0.39, 0.29) is 12.3 Å². The zero-order valence-corrected chi connectivity index (χ0v) is 10.9. The van der Waals surface area contributed by atoms with E-state index < -0.39 is 11.9 Å². The van der Waals surface area contributed by atoms with Crippen LogP contribution in [0.25, 0.3) is 0 Å². The van der Waals surface area contributed by atoms with Crippen molar-refractivity contribution >= 4 is 11.9 Å². The molecule has 4 nitrogen and oxygen atoms in total. The van der Waals surface area contributed by atoms with E-state index >= 15 is 0 Å². The monoisotopic (exact) mass is 261 g/mol. The van der Waals surface area contributed by atoms with E-state index in [0.717, 1.165) is 19.3 Å². The zero-order valence-electron chi connectivity index (χ0n) is 10.9. The number of likely N-dealkylation sites (tertiary alicyclic amines) is 1. The Morgan fingerprint density at radius 1 is 1.26 bits per heavy atom. The molecule has 2 rings (SSSR count). The second-order valence-corrected chi connectivity index (χ2v) is 5.02. The lowest BCUT2D eigenvalue weighted by Crippen LogP contribution is -2.27. The van der Waals surface area contributed by atoms with E-state index in [0.29, 0.717) is 13.1 Å². The first-order valence-electron chi connectivity index (χ1n) is 6.71. The number of nitrogens with zero attached hydrogens (tertiary/aromatic N) is 1. The number of aliphatic carboxylic acids is 1. The molecule has 1 aliphatic heterocycles. The molecule has 0 spiro atoms. The predicted molar refractivity (Wildman–Crippen MR) is 71.7 cm³/mol. The van der Waals surface area contributed by atoms with Crippen molar-refractivity contribution in [2.24, 2.45) is 5.92 Å². The topological polar surface area (TPSA) is 57.6 Å². The molecule has 0 radical (unpaired) electrons. The summed E-state index contributed by atoms with van der Waals surface area (Å²) in [6.07, 6.45) is 3.11. The van der Waals surface area contributed by atoms with Crippen molar-refractivity contribution in [1.29, 1.82) is 0 Å². The lowest BCUT2D eigenvalue weighted by molar-refractivity contribution is -0.141. The highest BCUT2D eigenvalue weighted by atomic mass is 16.4. The summed E-state index contributed by atoms with van der Waals surface area (Å²) < 4.78 is 0. The van der Waals surface area contributed by atoms with Gasteiger partial charge in [-0.1, -0.05) is 30.3 Å². The third kappa shape index (κ3) is 3.81. The van der Waals surface area contributed by atoms with Crippen LogP contribution in [0.2, 0.25) is 0 Å². The van der Waals surface area contributed by atoms with Crippen molar-refractivity contribution in [1.82, 2.24) is 4.90 Å². The molecule has 1 amide bonds. The Morgan fingerprint density at radius 3 is 2.63 bits per heavy atom. The van der Waals surface area contributed by atoms with Crippen molar-refractivity contribution < 1.29 is 14.7 Å². The van der Waals surface area contributed by atoms with E-state index in [2.05, 4.69) is 12.1 Å². The van der Waals surface area contributed by atoms with Gasteiger partial charge < -0.3 is 10.0 Å². The molecular formula is C15H19NO3. The number of carbonyl (C=O) groups is 2. The van der Waals surface area contributed by atoms with Crippen LogP contribution in [-0.4, -0.2) is 35.0 Å². The number of carbonyl (C=O) groups excluding carboxylic acids is 1. The van der Waals surface area contributed by atoms with Gasteiger partial charge in [0.05, 0.1) is 5.92 Å². The Morgan fingerprint density at radius 2 is 2.00 bits per heavy atom. The largest absolute Gasteiger partial charge is 0.481 e. The SMILES string of the molecule is O=C(O)C1CC(=O)N(CCCCc2ccccc2)C1. The van der Waals surface area contributed by atoms with Gasteiger partial charge in [0.15, 0.2) is 0 Å². The van der Waals surface area contributed by atoms with Crippen molar-refractivity contribution in [2.75, 3.05) is 13.1 Å². The van der Waals surface area contributed by atoms with E-state index in [1.54, 1.807) is 4.90 Å².